The lowest BCUT2D eigenvalue weighted by molar-refractivity contribution is -0.113. The molecule has 2 aromatic carbocycles. The van der Waals surface area contributed by atoms with Crippen molar-refractivity contribution in [3.8, 4) is 17.1 Å². The quantitative estimate of drug-likeness (QED) is 0.405. The van der Waals surface area contributed by atoms with Gasteiger partial charge in [0.25, 0.3) is 0 Å². The number of para-hydroxylation sites is 1. The summed E-state index contributed by atoms with van der Waals surface area (Å²) in [6.07, 6.45) is 1.60. The summed E-state index contributed by atoms with van der Waals surface area (Å²) in [5.41, 5.74) is 1.35. The van der Waals surface area contributed by atoms with Gasteiger partial charge >= 0.3 is 0 Å². The third-order valence-electron chi connectivity index (χ3n) is 4.22. The molecule has 0 spiro atoms. The van der Waals surface area contributed by atoms with Crippen LogP contribution in [0.3, 0.4) is 0 Å². The monoisotopic (exact) mass is 440 g/mol. The Morgan fingerprint density at radius 3 is 2.63 bits per heavy atom. The van der Waals surface area contributed by atoms with E-state index < -0.39 is 0 Å². The lowest BCUT2D eigenvalue weighted by Gasteiger charge is -2.10. The number of halogens is 1. The van der Waals surface area contributed by atoms with Gasteiger partial charge in [0.05, 0.1) is 29.3 Å². The molecule has 0 saturated heterocycles. The highest BCUT2D eigenvalue weighted by atomic mass is 35.5. The van der Waals surface area contributed by atoms with Gasteiger partial charge in [-0.1, -0.05) is 35.5 Å². The average molecular weight is 441 g/mol. The van der Waals surface area contributed by atoms with Gasteiger partial charge in [0, 0.05) is 5.56 Å². The zero-order chi connectivity index (χ0) is 20.9. The minimum atomic E-state index is -0.202. The molecular weight excluding hydrogens is 424 g/mol. The number of hydrogen-bond donors (Lipinski definition) is 2. The van der Waals surface area contributed by atoms with Gasteiger partial charge in [-0.2, -0.15) is 0 Å². The van der Waals surface area contributed by atoms with Crippen molar-refractivity contribution in [3.63, 3.8) is 0 Å². The third-order valence-corrected chi connectivity index (χ3v) is 5.51. The first kappa shape index (κ1) is 20.1. The molecule has 0 atom stereocenters. The van der Waals surface area contributed by atoms with E-state index in [0.29, 0.717) is 28.2 Å². The van der Waals surface area contributed by atoms with Gasteiger partial charge in [-0.3, -0.25) is 9.36 Å². The molecule has 1 amide bonds. The van der Waals surface area contributed by atoms with Crippen molar-refractivity contribution in [1.82, 2.24) is 14.8 Å². The van der Waals surface area contributed by atoms with Crippen LogP contribution in [0.1, 0.15) is 5.76 Å². The number of carbonyl (C=O) groups is 1. The van der Waals surface area contributed by atoms with E-state index in [1.165, 1.54) is 11.8 Å². The highest BCUT2D eigenvalue weighted by Gasteiger charge is 2.17. The van der Waals surface area contributed by atoms with Crippen molar-refractivity contribution in [3.05, 3.63) is 77.7 Å². The van der Waals surface area contributed by atoms with E-state index in [2.05, 4.69) is 15.5 Å². The van der Waals surface area contributed by atoms with Crippen LogP contribution in [-0.4, -0.2) is 31.5 Å². The first-order chi connectivity index (χ1) is 14.6. The smallest absolute Gasteiger partial charge is 0.234 e. The molecule has 0 bridgehead atoms. The first-order valence-electron chi connectivity index (χ1n) is 9.02. The maximum absolute atomic E-state index is 12.4. The SMILES string of the molecule is O=C(CSc1nnc(-c2ccc(O)cc2)n1Cc1ccco1)Nc1ccccc1Cl. The van der Waals surface area contributed by atoms with Gasteiger partial charge in [-0.15, -0.1) is 10.2 Å². The van der Waals surface area contributed by atoms with Crippen LogP contribution in [0, 0.1) is 0 Å². The average Bonchev–Trinajstić information content (AvgIpc) is 3.39. The molecule has 2 aromatic heterocycles. The molecule has 0 unspecified atom stereocenters. The standard InChI is InChI=1S/C21H17ClN4O3S/c22-17-5-1-2-6-18(17)23-19(28)13-30-21-25-24-20(14-7-9-15(27)10-8-14)26(21)12-16-4-3-11-29-16/h1-11,27H,12-13H2,(H,23,28). The van der Waals surface area contributed by atoms with E-state index in [0.717, 1.165) is 11.3 Å². The Balaban J connectivity index is 1.54. The van der Waals surface area contributed by atoms with Crippen molar-refractivity contribution in [2.24, 2.45) is 0 Å². The van der Waals surface area contributed by atoms with Gasteiger partial charge in [-0.05, 0) is 48.5 Å². The second-order valence-corrected chi connectivity index (χ2v) is 7.68. The second kappa shape index (κ2) is 9.06. The van der Waals surface area contributed by atoms with Crippen molar-refractivity contribution in [1.29, 1.82) is 0 Å². The molecule has 0 saturated carbocycles. The van der Waals surface area contributed by atoms with Crippen LogP contribution in [0.2, 0.25) is 5.02 Å². The Kier molecular flexibility index (Phi) is 6.06. The Morgan fingerprint density at radius 2 is 1.90 bits per heavy atom. The van der Waals surface area contributed by atoms with E-state index in [4.69, 9.17) is 16.0 Å². The molecular formula is C21H17ClN4O3S. The Bertz CT molecular complexity index is 1140. The number of nitrogens with zero attached hydrogens (tertiary/aromatic N) is 3. The summed E-state index contributed by atoms with van der Waals surface area (Å²) in [5, 5.41) is 21.9. The van der Waals surface area contributed by atoms with Crippen LogP contribution in [0.4, 0.5) is 5.69 Å². The fraction of sp³-hybridized carbons (Fsp3) is 0.0952. The molecule has 0 fully saturated rings. The maximum Gasteiger partial charge on any atom is 0.234 e. The van der Waals surface area contributed by atoms with Crippen molar-refractivity contribution in [2.45, 2.75) is 11.7 Å². The Labute approximate surface area is 181 Å². The van der Waals surface area contributed by atoms with Crippen molar-refractivity contribution in [2.75, 3.05) is 11.1 Å². The zero-order valence-corrected chi connectivity index (χ0v) is 17.2. The molecule has 7 nitrogen and oxygen atoms in total. The van der Waals surface area contributed by atoms with Gasteiger partial charge in [0.15, 0.2) is 11.0 Å². The molecule has 9 heteroatoms. The number of phenols is 1. The molecule has 0 aliphatic rings. The molecule has 0 aliphatic heterocycles. The van der Waals surface area contributed by atoms with Gasteiger partial charge in [0.2, 0.25) is 5.91 Å². The highest BCUT2D eigenvalue weighted by molar-refractivity contribution is 7.99. The second-order valence-electron chi connectivity index (χ2n) is 6.34. The van der Waals surface area contributed by atoms with E-state index in [1.807, 2.05) is 16.7 Å². The number of furan rings is 1. The summed E-state index contributed by atoms with van der Waals surface area (Å²) in [7, 11) is 0. The number of nitrogens with one attached hydrogen (secondary N) is 1. The summed E-state index contributed by atoms with van der Waals surface area (Å²) < 4.78 is 7.34. The minimum absolute atomic E-state index is 0.136. The predicted octanol–water partition coefficient (Wildman–Crippen LogP) is 4.68. The third kappa shape index (κ3) is 4.67. The number of benzene rings is 2. The van der Waals surface area contributed by atoms with Crippen molar-refractivity contribution < 1.29 is 14.3 Å². The van der Waals surface area contributed by atoms with E-state index in [9.17, 15) is 9.90 Å². The lowest BCUT2D eigenvalue weighted by atomic mass is 10.2. The topological polar surface area (TPSA) is 93.2 Å². The molecule has 152 valence electrons. The van der Waals surface area contributed by atoms with E-state index >= 15 is 0 Å². The van der Waals surface area contributed by atoms with Crippen LogP contribution >= 0.6 is 23.4 Å². The fourth-order valence-electron chi connectivity index (χ4n) is 2.80. The number of anilines is 1. The molecule has 2 N–H and O–H groups in total. The van der Waals surface area contributed by atoms with Gasteiger partial charge < -0.3 is 14.8 Å². The number of aromatic nitrogens is 3. The summed E-state index contributed by atoms with van der Waals surface area (Å²) in [6.45, 7) is 0.407. The maximum atomic E-state index is 12.4. The zero-order valence-electron chi connectivity index (χ0n) is 15.7. The lowest BCUT2D eigenvalue weighted by Crippen LogP contribution is -2.15. The van der Waals surface area contributed by atoms with E-state index in [1.54, 1.807) is 54.8 Å². The number of amides is 1. The molecule has 0 radical (unpaired) electrons. The van der Waals surface area contributed by atoms with Gasteiger partial charge in [0.1, 0.15) is 11.5 Å². The number of carbonyl (C=O) groups excluding carboxylic acids is 1. The number of phenolic OH excluding ortho intramolecular Hbond substituents is 1. The number of thioether (sulfide) groups is 1. The first-order valence-corrected chi connectivity index (χ1v) is 10.4. The number of rotatable bonds is 7. The Morgan fingerprint density at radius 1 is 1.10 bits per heavy atom. The van der Waals surface area contributed by atoms with Crippen LogP contribution in [0.5, 0.6) is 5.75 Å². The van der Waals surface area contributed by atoms with E-state index in [-0.39, 0.29) is 17.4 Å². The van der Waals surface area contributed by atoms with Crippen LogP contribution in [0.25, 0.3) is 11.4 Å². The predicted molar refractivity (Wildman–Crippen MR) is 116 cm³/mol. The largest absolute Gasteiger partial charge is 0.508 e. The van der Waals surface area contributed by atoms with Crippen LogP contribution in [0.15, 0.2) is 76.5 Å². The molecule has 4 rings (SSSR count). The molecule has 0 aliphatic carbocycles. The summed E-state index contributed by atoms with van der Waals surface area (Å²) in [6, 6.07) is 17.4. The summed E-state index contributed by atoms with van der Waals surface area (Å²) in [4.78, 5) is 12.4. The number of aromatic hydroxyl groups is 1. The fourth-order valence-corrected chi connectivity index (χ4v) is 3.72. The molecule has 30 heavy (non-hydrogen) atoms. The summed E-state index contributed by atoms with van der Waals surface area (Å²) >= 11 is 7.36. The van der Waals surface area contributed by atoms with Crippen molar-refractivity contribution >= 4 is 35.0 Å². The molecule has 4 aromatic rings. The van der Waals surface area contributed by atoms with Gasteiger partial charge in [-0.25, -0.2) is 0 Å². The highest BCUT2D eigenvalue weighted by Crippen LogP contribution is 2.27. The molecule has 2 heterocycles. The summed E-state index contributed by atoms with van der Waals surface area (Å²) in [5.74, 6) is 1.45. The van der Waals surface area contributed by atoms with Crippen LogP contribution in [-0.2, 0) is 11.3 Å². The van der Waals surface area contributed by atoms with Crippen LogP contribution < -0.4 is 5.32 Å². The number of hydrogen-bond acceptors (Lipinski definition) is 6. The Hall–Kier alpha value is -3.23. The minimum Gasteiger partial charge on any atom is -0.508 e. The normalized spacial score (nSPS) is 10.8.